The molecule has 27 heavy (non-hydrogen) atoms. The predicted molar refractivity (Wildman–Crippen MR) is 94.2 cm³/mol. The number of fused-ring (bicyclic) bond motifs is 2. The lowest BCUT2D eigenvalue weighted by Crippen LogP contribution is -2.26. The van der Waals surface area contributed by atoms with Crippen LogP contribution in [0.1, 0.15) is 17.9 Å². The fourth-order valence-electron chi connectivity index (χ4n) is 2.96. The largest absolute Gasteiger partial charge is 0.573 e. The Kier molecular flexibility index (Phi) is 4.39. The SMILES string of the molecule is O=C(Nc1nc2ccc(OC(F)(F)F)cc2s1)C1CCOc2ccccc21. The summed E-state index contributed by atoms with van der Waals surface area (Å²) in [6, 6.07) is 11.2. The quantitative estimate of drug-likeness (QED) is 0.700. The summed E-state index contributed by atoms with van der Waals surface area (Å²) < 4.78 is 47.0. The average molecular weight is 394 g/mol. The maximum absolute atomic E-state index is 12.7. The van der Waals surface area contributed by atoms with E-state index in [0.29, 0.717) is 34.1 Å². The van der Waals surface area contributed by atoms with Gasteiger partial charge in [-0.05, 0) is 24.6 Å². The summed E-state index contributed by atoms with van der Waals surface area (Å²) in [5.41, 5.74) is 1.29. The van der Waals surface area contributed by atoms with Gasteiger partial charge in [0.15, 0.2) is 5.13 Å². The van der Waals surface area contributed by atoms with E-state index in [0.717, 1.165) is 16.9 Å². The van der Waals surface area contributed by atoms with Crippen molar-refractivity contribution in [1.82, 2.24) is 4.98 Å². The number of alkyl halides is 3. The molecule has 140 valence electrons. The summed E-state index contributed by atoms with van der Waals surface area (Å²) in [6.07, 6.45) is -4.22. The van der Waals surface area contributed by atoms with Crippen molar-refractivity contribution >= 4 is 32.6 Å². The second-order valence-electron chi connectivity index (χ2n) is 5.91. The summed E-state index contributed by atoms with van der Waals surface area (Å²) >= 11 is 1.09. The number of carbonyl (C=O) groups excluding carboxylic acids is 1. The van der Waals surface area contributed by atoms with Crippen LogP contribution in [0.15, 0.2) is 42.5 Å². The van der Waals surface area contributed by atoms with Crippen LogP contribution >= 0.6 is 11.3 Å². The molecule has 1 amide bonds. The summed E-state index contributed by atoms with van der Waals surface area (Å²) in [6.45, 7) is 0.438. The number of ether oxygens (including phenoxy) is 2. The first kappa shape index (κ1) is 17.6. The number of nitrogens with one attached hydrogen (secondary N) is 1. The lowest BCUT2D eigenvalue weighted by atomic mass is 9.92. The second kappa shape index (κ2) is 6.73. The Morgan fingerprint density at radius 1 is 1.26 bits per heavy atom. The molecule has 2 heterocycles. The zero-order chi connectivity index (χ0) is 19.0. The van der Waals surface area contributed by atoms with Crippen LogP contribution in [0.4, 0.5) is 18.3 Å². The van der Waals surface area contributed by atoms with Gasteiger partial charge in [0.05, 0.1) is 22.7 Å². The highest BCUT2D eigenvalue weighted by atomic mass is 32.1. The van der Waals surface area contributed by atoms with Gasteiger partial charge in [-0.15, -0.1) is 13.2 Å². The second-order valence-corrected chi connectivity index (χ2v) is 6.94. The van der Waals surface area contributed by atoms with Gasteiger partial charge in [-0.3, -0.25) is 4.79 Å². The Morgan fingerprint density at radius 3 is 2.89 bits per heavy atom. The third kappa shape index (κ3) is 3.82. The molecule has 0 aliphatic carbocycles. The smallest absolute Gasteiger partial charge is 0.493 e. The Morgan fingerprint density at radius 2 is 2.07 bits per heavy atom. The van der Waals surface area contributed by atoms with Gasteiger partial charge >= 0.3 is 6.36 Å². The summed E-state index contributed by atoms with van der Waals surface area (Å²) in [4.78, 5) is 16.9. The van der Waals surface area contributed by atoms with Gasteiger partial charge in [-0.25, -0.2) is 4.98 Å². The van der Waals surface area contributed by atoms with Crippen LogP contribution < -0.4 is 14.8 Å². The molecule has 5 nitrogen and oxygen atoms in total. The minimum atomic E-state index is -4.76. The molecule has 3 aromatic rings. The maximum Gasteiger partial charge on any atom is 0.573 e. The van der Waals surface area contributed by atoms with Crippen LogP contribution in [0, 0.1) is 0 Å². The lowest BCUT2D eigenvalue weighted by Gasteiger charge is -2.24. The van der Waals surface area contributed by atoms with Gasteiger partial charge in [0.25, 0.3) is 0 Å². The number of hydrogen-bond acceptors (Lipinski definition) is 5. The zero-order valence-corrected chi connectivity index (χ0v) is 14.6. The number of rotatable bonds is 3. The van der Waals surface area contributed by atoms with Crippen LogP contribution in [0.5, 0.6) is 11.5 Å². The number of hydrogen-bond donors (Lipinski definition) is 1. The summed E-state index contributed by atoms with van der Waals surface area (Å²) in [7, 11) is 0. The minimum Gasteiger partial charge on any atom is -0.493 e. The zero-order valence-electron chi connectivity index (χ0n) is 13.7. The first-order valence-corrected chi connectivity index (χ1v) is 8.90. The topological polar surface area (TPSA) is 60.5 Å². The molecule has 1 N–H and O–H groups in total. The molecule has 1 unspecified atom stereocenters. The van der Waals surface area contributed by atoms with Crippen molar-refractivity contribution in [2.24, 2.45) is 0 Å². The highest BCUT2D eigenvalue weighted by Gasteiger charge is 2.31. The van der Waals surface area contributed by atoms with Gasteiger partial charge in [0, 0.05) is 11.6 Å². The number of benzene rings is 2. The summed E-state index contributed by atoms with van der Waals surface area (Å²) in [5, 5.41) is 3.08. The molecule has 0 fully saturated rings. The van der Waals surface area contributed by atoms with Crippen molar-refractivity contribution < 1.29 is 27.4 Å². The minimum absolute atomic E-state index is 0.225. The van der Waals surface area contributed by atoms with Crippen LogP contribution in [-0.2, 0) is 4.79 Å². The molecule has 1 aliphatic heterocycles. The molecular formula is C18H13F3N2O3S. The lowest BCUT2D eigenvalue weighted by molar-refractivity contribution is -0.274. The van der Waals surface area contributed by atoms with Gasteiger partial charge in [0.2, 0.25) is 5.91 Å². The Hall–Kier alpha value is -2.81. The van der Waals surface area contributed by atoms with E-state index in [-0.39, 0.29) is 17.6 Å². The summed E-state index contributed by atoms with van der Waals surface area (Å²) in [5.74, 6) is -0.236. The Labute approximate surface area is 155 Å². The highest BCUT2D eigenvalue weighted by molar-refractivity contribution is 7.22. The number of halogens is 3. The monoisotopic (exact) mass is 394 g/mol. The molecule has 0 spiro atoms. The van der Waals surface area contributed by atoms with E-state index >= 15 is 0 Å². The fraction of sp³-hybridized carbons (Fsp3) is 0.222. The molecule has 4 rings (SSSR count). The number of aromatic nitrogens is 1. The number of thiazole rings is 1. The Balaban J connectivity index is 1.54. The first-order chi connectivity index (χ1) is 12.9. The molecule has 0 radical (unpaired) electrons. The van der Waals surface area contributed by atoms with E-state index in [9.17, 15) is 18.0 Å². The molecular weight excluding hydrogens is 381 g/mol. The van der Waals surface area contributed by atoms with Crippen LogP contribution in [-0.4, -0.2) is 23.9 Å². The normalized spacial score (nSPS) is 16.5. The number of nitrogens with zero attached hydrogens (tertiary/aromatic N) is 1. The van der Waals surface area contributed by atoms with Crippen LogP contribution in [0.3, 0.4) is 0 Å². The molecule has 9 heteroatoms. The Bertz CT molecular complexity index is 1000. The van der Waals surface area contributed by atoms with Crippen LogP contribution in [0.25, 0.3) is 10.2 Å². The molecule has 0 bridgehead atoms. The maximum atomic E-state index is 12.7. The van der Waals surface area contributed by atoms with E-state index in [1.165, 1.54) is 18.2 Å². The molecule has 1 aromatic heterocycles. The standard InChI is InChI=1S/C18H13F3N2O3S/c19-18(20,21)26-10-5-6-13-15(9-10)27-17(22-13)23-16(24)12-7-8-25-14-4-2-1-3-11(12)14/h1-6,9,12H,7-8H2,(H,22,23,24). The van der Waals surface area contributed by atoms with Gasteiger partial charge < -0.3 is 14.8 Å². The predicted octanol–water partition coefficient (Wildman–Crippen LogP) is 4.70. The molecule has 1 atom stereocenters. The number of para-hydroxylation sites is 1. The number of carbonyl (C=O) groups is 1. The van der Waals surface area contributed by atoms with Crippen molar-refractivity contribution in [3.63, 3.8) is 0 Å². The molecule has 0 saturated heterocycles. The van der Waals surface area contributed by atoms with Gasteiger partial charge in [-0.1, -0.05) is 29.5 Å². The number of anilines is 1. The van der Waals surface area contributed by atoms with E-state index in [1.807, 2.05) is 24.3 Å². The van der Waals surface area contributed by atoms with E-state index in [4.69, 9.17) is 4.74 Å². The first-order valence-electron chi connectivity index (χ1n) is 8.08. The van der Waals surface area contributed by atoms with Crippen molar-refractivity contribution in [3.8, 4) is 11.5 Å². The van der Waals surface area contributed by atoms with Crippen molar-refractivity contribution in [2.45, 2.75) is 18.7 Å². The van der Waals surface area contributed by atoms with Crippen molar-refractivity contribution in [1.29, 1.82) is 0 Å². The highest BCUT2D eigenvalue weighted by Crippen LogP contribution is 2.36. The van der Waals surface area contributed by atoms with E-state index < -0.39 is 6.36 Å². The molecule has 1 aliphatic rings. The van der Waals surface area contributed by atoms with E-state index in [1.54, 1.807) is 0 Å². The average Bonchev–Trinajstić information content (AvgIpc) is 3.01. The number of amides is 1. The van der Waals surface area contributed by atoms with Crippen molar-refractivity contribution in [3.05, 3.63) is 48.0 Å². The fourth-order valence-corrected chi connectivity index (χ4v) is 3.86. The van der Waals surface area contributed by atoms with Gasteiger partial charge in [0.1, 0.15) is 11.5 Å². The van der Waals surface area contributed by atoms with Crippen molar-refractivity contribution in [2.75, 3.05) is 11.9 Å². The third-order valence-corrected chi connectivity index (χ3v) is 5.03. The molecule has 0 saturated carbocycles. The van der Waals surface area contributed by atoms with Gasteiger partial charge in [-0.2, -0.15) is 0 Å². The molecule has 2 aromatic carbocycles. The van der Waals surface area contributed by atoms with E-state index in [2.05, 4.69) is 15.0 Å². The van der Waals surface area contributed by atoms with Crippen LogP contribution in [0.2, 0.25) is 0 Å². The third-order valence-electron chi connectivity index (χ3n) is 4.10.